The van der Waals surface area contributed by atoms with Crippen LogP contribution in [0.1, 0.15) is 29.6 Å². The van der Waals surface area contributed by atoms with E-state index < -0.39 is 17.9 Å². The van der Waals surface area contributed by atoms with Crippen molar-refractivity contribution in [3.8, 4) is 0 Å². The summed E-state index contributed by atoms with van der Waals surface area (Å²) in [5.41, 5.74) is 0.166. The van der Waals surface area contributed by atoms with Crippen LogP contribution in [0.4, 0.5) is 4.39 Å². The predicted octanol–water partition coefficient (Wildman–Crippen LogP) is 0.619. The number of carbonyl (C=O) groups is 2. The summed E-state index contributed by atoms with van der Waals surface area (Å²) in [5.74, 6) is -1.36. The fourth-order valence-corrected chi connectivity index (χ4v) is 1.86. The summed E-state index contributed by atoms with van der Waals surface area (Å²) in [6.07, 6.45) is 3.60. The molecule has 1 unspecified atom stereocenters. The topological polar surface area (TPSA) is 71.1 Å². The minimum atomic E-state index is -0.715. The standard InChI is InChI=1S/C12H14FN3O2/c13-10-7-8(4-6-14-10)11(17)16-9-3-1-2-5-15-12(9)18/h4,6-7,9H,1-3,5H2,(H,15,18)(H,16,17). The molecule has 2 N–H and O–H groups in total. The molecule has 0 bridgehead atoms. The Morgan fingerprint density at radius 2 is 2.33 bits per heavy atom. The summed E-state index contributed by atoms with van der Waals surface area (Å²) >= 11 is 0. The third-order valence-corrected chi connectivity index (χ3v) is 2.83. The van der Waals surface area contributed by atoms with E-state index in [0.717, 1.165) is 18.9 Å². The van der Waals surface area contributed by atoms with Crippen molar-refractivity contribution < 1.29 is 14.0 Å². The highest BCUT2D eigenvalue weighted by molar-refractivity contribution is 5.97. The molecule has 6 heteroatoms. The number of hydrogen-bond acceptors (Lipinski definition) is 3. The number of amides is 2. The number of halogens is 1. The fraction of sp³-hybridized carbons (Fsp3) is 0.417. The Hall–Kier alpha value is -1.98. The van der Waals surface area contributed by atoms with E-state index in [1.165, 1.54) is 12.3 Å². The molecule has 1 fully saturated rings. The molecule has 96 valence electrons. The van der Waals surface area contributed by atoms with Gasteiger partial charge in [-0.25, -0.2) is 4.98 Å². The third-order valence-electron chi connectivity index (χ3n) is 2.83. The van der Waals surface area contributed by atoms with Crippen LogP contribution < -0.4 is 10.6 Å². The maximum absolute atomic E-state index is 12.9. The average molecular weight is 251 g/mol. The number of hydrogen-bond donors (Lipinski definition) is 2. The van der Waals surface area contributed by atoms with Crippen LogP contribution in [0, 0.1) is 5.95 Å². The van der Waals surface area contributed by atoms with Crippen molar-refractivity contribution in [2.75, 3.05) is 6.54 Å². The molecule has 5 nitrogen and oxygen atoms in total. The maximum Gasteiger partial charge on any atom is 0.252 e. The smallest absolute Gasteiger partial charge is 0.252 e. The molecule has 2 amide bonds. The van der Waals surface area contributed by atoms with Crippen molar-refractivity contribution in [2.45, 2.75) is 25.3 Å². The molecule has 18 heavy (non-hydrogen) atoms. The van der Waals surface area contributed by atoms with Crippen molar-refractivity contribution in [2.24, 2.45) is 0 Å². The van der Waals surface area contributed by atoms with Crippen molar-refractivity contribution >= 4 is 11.8 Å². The van der Waals surface area contributed by atoms with E-state index in [9.17, 15) is 14.0 Å². The van der Waals surface area contributed by atoms with Gasteiger partial charge in [0.1, 0.15) is 6.04 Å². The van der Waals surface area contributed by atoms with E-state index in [1.807, 2.05) is 0 Å². The first-order valence-electron chi connectivity index (χ1n) is 5.87. The van der Waals surface area contributed by atoms with Gasteiger partial charge in [-0.15, -0.1) is 0 Å². The van der Waals surface area contributed by atoms with Gasteiger partial charge in [0.05, 0.1) is 0 Å². The van der Waals surface area contributed by atoms with E-state index in [2.05, 4.69) is 15.6 Å². The first kappa shape index (κ1) is 12.5. The number of nitrogens with zero attached hydrogens (tertiary/aromatic N) is 1. The molecule has 1 atom stereocenters. The highest BCUT2D eigenvalue weighted by Gasteiger charge is 2.22. The zero-order chi connectivity index (χ0) is 13.0. The largest absolute Gasteiger partial charge is 0.354 e. The summed E-state index contributed by atoms with van der Waals surface area (Å²) in [6.45, 7) is 0.634. The molecular weight excluding hydrogens is 237 g/mol. The summed E-state index contributed by atoms with van der Waals surface area (Å²) in [4.78, 5) is 26.8. The first-order valence-corrected chi connectivity index (χ1v) is 5.87. The average Bonchev–Trinajstić information content (AvgIpc) is 2.55. The first-order chi connectivity index (χ1) is 8.66. The lowest BCUT2D eigenvalue weighted by molar-refractivity contribution is -0.122. The van der Waals surface area contributed by atoms with Crippen LogP contribution in [-0.2, 0) is 4.79 Å². The van der Waals surface area contributed by atoms with E-state index in [4.69, 9.17) is 0 Å². The summed E-state index contributed by atoms with van der Waals surface area (Å²) < 4.78 is 12.9. The van der Waals surface area contributed by atoms with E-state index in [0.29, 0.717) is 13.0 Å². The van der Waals surface area contributed by atoms with Gasteiger partial charge in [-0.05, 0) is 25.3 Å². The Kier molecular flexibility index (Phi) is 3.86. The number of aromatic nitrogens is 1. The Bertz CT molecular complexity index is 464. The molecule has 0 radical (unpaired) electrons. The van der Waals surface area contributed by atoms with Crippen LogP contribution >= 0.6 is 0 Å². The lowest BCUT2D eigenvalue weighted by Gasteiger charge is -2.15. The minimum Gasteiger partial charge on any atom is -0.354 e. The van der Waals surface area contributed by atoms with Crippen LogP contribution in [-0.4, -0.2) is 29.4 Å². The molecule has 1 aromatic heterocycles. The lowest BCUT2D eigenvalue weighted by Crippen LogP contribution is -2.45. The molecule has 0 aliphatic carbocycles. The van der Waals surface area contributed by atoms with Gasteiger partial charge >= 0.3 is 0 Å². The summed E-state index contributed by atoms with van der Waals surface area (Å²) in [7, 11) is 0. The van der Waals surface area contributed by atoms with E-state index in [1.54, 1.807) is 0 Å². The van der Waals surface area contributed by atoms with Crippen molar-refractivity contribution in [3.05, 3.63) is 29.8 Å². The Morgan fingerprint density at radius 3 is 3.11 bits per heavy atom. The molecule has 1 aliphatic heterocycles. The van der Waals surface area contributed by atoms with Crippen LogP contribution in [0.5, 0.6) is 0 Å². The lowest BCUT2D eigenvalue weighted by atomic mass is 10.1. The molecule has 1 aliphatic rings. The van der Waals surface area contributed by atoms with Gasteiger partial charge in [-0.1, -0.05) is 0 Å². The number of nitrogens with one attached hydrogen (secondary N) is 2. The second-order valence-corrected chi connectivity index (χ2v) is 4.18. The predicted molar refractivity (Wildman–Crippen MR) is 62.3 cm³/mol. The second kappa shape index (κ2) is 5.57. The number of rotatable bonds is 2. The van der Waals surface area contributed by atoms with Gasteiger partial charge < -0.3 is 10.6 Å². The molecule has 2 heterocycles. The van der Waals surface area contributed by atoms with Gasteiger partial charge in [0.15, 0.2) is 0 Å². The number of carbonyl (C=O) groups excluding carboxylic acids is 2. The van der Waals surface area contributed by atoms with Gasteiger partial charge in [-0.3, -0.25) is 9.59 Å². The molecule has 0 aromatic carbocycles. The quantitative estimate of drug-likeness (QED) is 0.757. The maximum atomic E-state index is 12.9. The number of pyridine rings is 1. The normalized spacial score (nSPS) is 19.8. The molecule has 0 saturated carbocycles. The highest BCUT2D eigenvalue weighted by Crippen LogP contribution is 2.07. The second-order valence-electron chi connectivity index (χ2n) is 4.18. The van der Waals surface area contributed by atoms with E-state index in [-0.39, 0.29) is 11.5 Å². The summed E-state index contributed by atoms with van der Waals surface area (Å²) in [6, 6.07) is 1.91. The van der Waals surface area contributed by atoms with Crippen LogP contribution in [0.15, 0.2) is 18.3 Å². The van der Waals surface area contributed by atoms with Crippen molar-refractivity contribution in [3.63, 3.8) is 0 Å². The molecule has 2 rings (SSSR count). The molecule has 0 spiro atoms. The van der Waals surface area contributed by atoms with Crippen molar-refractivity contribution in [1.29, 1.82) is 0 Å². The van der Waals surface area contributed by atoms with Crippen LogP contribution in [0.25, 0.3) is 0 Å². The molecule has 1 saturated heterocycles. The van der Waals surface area contributed by atoms with Gasteiger partial charge in [0, 0.05) is 24.4 Å². The summed E-state index contributed by atoms with van der Waals surface area (Å²) in [5, 5.41) is 5.33. The zero-order valence-electron chi connectivity index (χ0n) is 9.78. The third kappa shape index (κ3) is 3.03. The monoisotopic (exact) mass is 251 g/mol. The van der Waals surface area contributed by atoms with Gasteiger partial charge in [0.2, 0.25) is 11.9 Å². The Morgan fingerprint density at radius 1 is 1.50 bits per heavy atom. The van der Waals surface area contributed by atoms with E-state index >= 15 is 0 Å². The highest BCUT2D eigenvalue weighted by atomic mass is 19.1. The molecule has 1 aromatic rings. The van der Waals surface area contributed by atoms with Gasteiger partial charge in [0.25, 0.3) is 5.91 Å². The van der Waals surface area contributed by atoms with Crippen LogP contribution in [0.3, 0.4) is 0 Å². The Labute approximate surface area is 104 Å². The SMILES string of the molecule is O=C(NC1CCCCNC1=O)c1ccnc(F)c1. The minimum absolute atomic E-state index is 0.166. The molecular formula is C12H14FN3O2. The Balaban J connectivity index is 2.04. The zero-order valence-corrected chi connectivity index (χ0v) is 9.78. The van der Waals surface area contributed by atoms with Gasteiger partial charge in [-0.2, -0.15) is 4.39 Å². The fourth-order valence-electron chi connectivity index (χ4n) is 1.86. The van der Waals surface area contributed by atoms with Crippen LogP contribution in [0.2, 0.25) is 0 Å². The van der Waals surface area contributed by atoms with Crippen molar-refractivity contribution in [1.82, 2.24) is 15.6 Å².